The van der Waals surface area contributed by atoms with Crippen LogP contribution >= 0.6 is 0 Å². The lowest BCUT2D eigenvalue weighted by atomic mass is 10.0. The van der Waals surface area contributed by atoms with E-state index in [4.69, 9.17) is 0 Å². The van der Waals surface area contributed by atoms with E-state index < -0.39 is 0 Å². The van der Waals surface area contributed by atoms with Crippen LogP contribution in [-0.4, -0.2) is 24.4 Å². The maximum absolute atomic E-state index is 11.9. The predicted octanol–water partition coefficient (Wildman–Crippen LogP) is 1.56. The van der Waals surface area contributed by atoms with E-state index in [0.29, 0.717) is 5.56 Å². The van der Waals surface area contributed by atoms with Crippen molar-refractivity contribution in [3.05, 3.63) is 34.9 Å². The average molecular weight is 248 g/mol. The highest BCUT2D eigenvalue weighted by Gasteiger charge is 2.11. The molecule has 0 saturated carbocycles. The van der Waals surface area contributed by atoms with Crippen LogP contribution < -0.4 is 10.6 Å². The number of amides is 2. The fraction of sp³-hybridized carbons (Fsp3) is 0.429. The molecule has 1 aromatic rings. The Bertz CT molecular complexity index is 453. The Kier molecular flexibility index (Phi) is 4.89. The number of hydrogen-bond donors (Lipinski definition) is 2. The van der Waals surface area contributed by atoms with Gasteiger partial charge in [-0.1, -0.05) is 12.1 Å². The van der Waals surface area contributed by atoms with Gasteiger partial charge in [0.25, 0.3) is 5.91 Å². The molecule has 0 aromatic heterocycles. The molecule has 1 rings (SSSR count). The van der Waals surface area contributed by atoms with Crippen molar-refractivity contribution in [2.24, 2.45) is 0 Å². The Labute approximate surface area is 108 Å². The van der Waals surface area contributed by atoms with Gasteiger partial charge in [-0.05, 0) is 44.9 Å². The van der Waals surface area contributed by atoms with Crippen molar-refractivity contribution in [3.8, 4) is 0 Å². The van der Waals surface area contributed by atoms with Crippen molar-refractivity contribution in [1.82, 2.24) is 10.6 Å². The summed E-state index contributed by atoms with van der Waals surface area (Å²) in [7, 11) is 0. The second-order valence-corrected chi connectivity index (χ2v) is 4.65. The molecule has 0 spiro atoms. The Morgan fingerprint density at radius 1 is 1.22 bits per heavy atom. The summed E-state index contributed by atoms with van der Waals surface area (Å²) in [6.45, 7) is 7.62. The first-order chi connectivity index (χ1) is 8.41. The summed E-state index contributed by atoms with van der Waals surface area (Å²) in [6, 6.07) is 5.64. The van der Waals surface area contributed by atoms with Gasteiger partial charge in [0.2, 0.25) is 5.91 Å². The SMILES string of the molecule is Cc1cccc(C(=O)NCC(=O)NC(C)C)c1C. The molecule has 1 aromatic carbocycles. The van der Waals surface area contributed by atoms with Gasteiger partial charge < -0.3 is 10.6 Å². The van der Waals surface area contributed by atoms with Crippen LogP contribution in [0.1, 0.15) is 35.3 Å². The molecule has 0 atom stereocenters. The molecule has 0 radical (unpaired) electrons. The van der Waals surface area contributed by atoms with Crippen LogP contribution in [-0.2, 0) is 4.79 Å². The number of hydrogen-bond acceptors (Lipinski definition) is 2. The van der Waals surface area contributed by atoms with Crippen LogP contribution in [0.2, 0.25) is 0 Å². The van der Waals surface area contributed by atoms with Gasteiger partial charge in [-0.15, -0.1) is 0 Å². The van der Waals surface area contributed by atoms with Crippen LogP contribution in [0.25, 0.3) is 0 Å². The molecule has 0 aliphatic rings. The quantitative estimate of drug-likeness (QED) is 0.849. The first-order valence-corrected chi connectivity index (χ1v) is 6.05. The smallest absolute Gasteiger partial charge is 0.251 e. The van der Waals surface area contributed by atoms with E-state index in [1.54, 1.807) is 6.07 Å². The lowest BCUT2D eigenvalue weighted by Crippen LogP contribution is -2.40. The van der Waals surface area contributed by atoms with Gasteiger partial charge in [0.05, 0.1) is 6.54 Å². The molecule has 0 aliphatic heterocycles. The normalized spacial score (nSPS) is 10.3. The number of benzene rings is 1. The van der Waals surface area contributed by atoms with Crippen molar-refractivity contribution >= 4 is 11.8 Å². The highest BCUT2D eigenvalue weighted by Crippen LogP contribution is 2.12. The van der Waals surface area contributed by atoms with Crippen molar-refractivity contribution in [3.63, 3.8) is 0 Å². The van der Waals surface area contributed by atoms with E-state index in [-0.39, 0.29) is 24.4 Å². The second-order valence-electron chi connectivity index (χ2n) is 4.65. The number of rotatable bonds is 4. The van der Waals surface area contributed by atoms with Crippen LogP contribution in [0, 0.1) is 13.8 Å². The Hall–Kier alpha value is -1.84. The van der Waals surface area contributed by atoms with Crippen molar-refractivity contribution in [1.29, 1.82) is 0 Å². The largest absolute Gasteiger partial charge is 0.352 e. The average Bonchev–Trinajstić information content (AvgIpc) is 2.29. The predicted molar refractivity (Wildman–Crippen MR) is 71.5 cm³/mol. The molecule has 0 fully saturated rings. The number of carbonyl (C=O) groups is 2. The molecule has 0 bridgehead atoms. The van der Waals surface area contributed by atoms with Crippen LogP contribution in [0.3, 0.4) is 0 Å². The third-order valence-electron chi connectivity index (χ3n) is 2.71. The summed E-state index contributed by atoms with van der Waals surface area (Å²) in [5.74, 6) is -0.390. The summed E-state index contributed by atoms with van der Waals surface area (Å²) in [5.41, 5.74) is 2.63. The molecule has 0 unspecified atom stereocenters. The molecule has 98 valence electrons. The van der Waals surface area contributed by atoms with Gasteiger partial charge in [0.15, 0.2) is 0 Å². The minimum absolute atomic E-state index is 0.00436. The van der Waals surface area contributed by atoms with Crippen LogP contribution in [0.15, 0.2) is 18.2 Å². The number of aryl methyl sites for hydroxylation is 1. The van der Waals surface area contributed by atoms with E-state index in [1.807, 2.05) is 39.8 Å². The van der Waals surface area contributed by atoms with Crippen molar-refractivity contribution < 1.29 is 9.59 Å². The zero-order valence-electron chi connectivity index (χ0n) is 11.3. The molecule has 18 heavy (non-hydrogen) atoms. The number of nitrogens with one attached hydrogen (secondary N) is 2. The van der Waals surface area contributed by atoms with E-state index in [2.05, 4.69) is 10.6 Å². The summed E-state index contributed by atoms with van der Waals surface area (Å²) in [4.78, 5) is 23.3. The van der Waals surface area contributed by atoms with Crippen LogP contribution in [0.5, 0.6) is 0 Å². The fourth-order valence-electron chi connectivity index (χ4n) is 1.63. The Morgan fingerprint density at radius 2 is 1.89 bits per heavy atom. The van der Waals surface area contributed by atoms with Crippen molar-refractivity contribution in [2.45, 2.75) is 33.7 Å². The van der Waals surface area contributed by atoms with Gasteiger partial charge in [-0.2, -0.15) is 0 Å². The first-order valence-electron chi connectivity index (χ1n) is 6.05. The summed E-state index contributed by atoms with van der Waals surface area (Å²) < 4.78 is 0. The maximum Gasteiger partial charge on any atom is 0.251 e. The van der Waals surface area contributed by atoms with E-state index in [0.717, 1.165) is 11.1 Å². The van der Waals surface area contributed by atoms with Crippen molar-refractivity contribution in [2.75, 3.05) is 6.54 Å². The van der Waals surface area contributed by atoms with E-state index in [9.17, 15) is 9.59 Å². The topological polar surface area (TPSA) is 58.2 Å². The molecular weight excluding hydrogens is 228 g/mol. The zero-order chi connectivity index (χ0) is 13.7. The number of carbonyl (C=O) groups excluding carboxylic acids is 2. The van der Waals surface area contributed by atoms with Gasteiger partial charge in [0, 0.05) is 11.6 Å². The monoisotopic (exact) mass is 248 g/mol. The summed E-state index contributed by atoms with van der Waals surface area (Å²) >= 11 is 0. The second kappa shape index (κ2) is 6.19. The van der Waals surface area contributed by atoms with Gasteiger partial charge in [-0.25, -0.2) is 0 Å². The Morgan fingerprint density at radius 3 is 2.50 bits per heavy atom. The zero-order valence-corrected chi connectivity index (χ0v) is 11.3. The molecule has 4 heteroatoms. The minimum atomic E-state index is -0.213. The minimum Gasteiger partial charge on any atom is -0.352 e. The molecular formula is C14H20N2O2. The van der Waals surface area contributed by atoms with Gasteiger partial charge in [-0.3, -0.25) is 9.59 Å². The third-order valence-corrected chi connectivity index (χ3v) is 2.71. The highest BCUT2D eigenvalue weighted by atomic mass is 16.2. The lowest BCUT2D eigenvalue weighted by Gasteiger charge is -2.11. The first kappa shape index (κ1) is 14.2. The highest BCUT2D eigenvalue weighted by molar-refractivity contribution is 5.97. The lowest BCUT2D eigenvalue weighted by molar-refractivity contribution is -0.120. The van der Waals surface area contributed by atoms with Crippen LogP contribution in [0.4, 0.5) is 0 Å². The molecule has 0 aliphatic carbocycles. The van der Waals surface area contributed by atoms with E-state index in [1.165, 1.54) is 0 Å². The van der Waals surface area contributed by atoms with Gasteiger partial charge in [0.1, 0.15) is 0 Å². The molecule has 0 saturated heterocycles. The molecule has 0 heterocycles. The Balaban J connectivity index is 2.61. The summed E-state index contributed by atoms with van der Waals surface area (Å²) in [5, 5.41) is 5.34. The summed E-state index contributed by atoms with van der Waals surface area (Å²) in [6.07, 6.45) is 0. The maximum atomic E-state index is 11.9. The fourth-order valence-corrected chi connectivity index (χ4v) is 1.63. The molecule has 4 nitrogen and oxygen atoms in total. The molecule has 2 N–H and O–H groups in total. The van der Waals surface area contributed by atoms with Gasteiger partial charge >= 0.3 is 0 Å². The third kappa shape index (κ3) is 3.87. The standard InChI is InChI=1S/C14H20N2O2/c1-9(2)16-13(17)8-15-14(18)12-7-5-6-10(3)11(12)4/h5-7,9H,8H2,1-4H3,(H,15,18)(H,16,17). The molecule has 2 amide bonds. The van der Waals surface area contributed by atoms with E-state index >= 15 is 0 Å².